The predicted molar refractivity (Wildman–Crippen MR) is 79.2 cm³/mol. The van der Waals surface area contributed by atoms with Crippen LogP contribution >= 0.6 is 0 Å². The molecule has 0 aliphatic carbocycles. The Bertz CT molecular complexity index is 312. The number of likely N-dealkylation sites (tertiary alicyclic amines) is 1. The Hall–Kier alpha value is -1.14. The average molecular weight is 284 g/mol. The predicted octanol–water partition coefficient (Wildman–Crippen LogP) is -0.169. The minimum absolute atomic E-state index is 0.00257. The van der Waals surface area contributed by atoms with Gasteiger partial charge in [-0.2, -0.15) is 0 Å². The Labute approximate surface area is 121 Å². The van der Waals surface area contributed by atoms with Crippen LogP contribution in [0.15, 0.2) is 0 Å². The maximum atomic E-state index is 11.9. The van der Waals surface area contributed by atoms with E-state index in [9.17, 15) is 9.59 Å². The second-order valence-corrected chi connectivity index (χ2v) is 5.54. The minimum Gasteiger partial charge on any atom is -0.355 e. The van der Waals surface area contributed by atoms with Crippen molar-refractivity contribution in [2.75, 3.05) is 26.2 Å². The Morgan fingerprint density at radius 3 is 2.30 bits per heavy atom. The number of nitrogens with one attached hydrogen (secondary N) is 2. The quantitative estimate of drug-likeness (QED) is 0.606. The lowest BCUT2D eigenvalue weighted by molar-refractivity contribution is -0.124. The summed E-state index contributed by atoms with van der Waals surface area (Å²) in [6.07, 6.45) is 3.84. The van der Waals surface area contributed by atoms with Crippen molar-refractivity contribution >= 4 is 11.8 Å². The first-order valence-corrected chi connectivity index (χ1v) is 7.53. The molecule has 2 atom stereocenters. The summed E-state index contributed by atoms with van der Waals surface area (Å²) in [4.78, 5) is 25.5. The number of nitrogens with two attached hydrogens (primary N) is 1. The highest BCUT2D eigenvalue weighted by Crippen LogP contribution is 2.21. The van der Waals surface area contributed by atoms with Crippen molar-refractivity contribution in [3.63, 3.8) is 0 Å². The van der Waals surface area contributed by atoms with E-state index in [1.54, 1.807) is 0 Å². The van der Waals surface area contributed by atoms with Crippen LogP contribution in [0.5, 0.6) is 0 Å². The third-order valence-electron chi connectivity index (χ3n) is 3.84. The maximum absolute atomic E-state index is 11.9. The highest BCUT2D eigenvalue weighted by molar-refractivity contribution is 5.80. The van der Waals surface area contributed by atoms with Gasteiger partial charge < -0.3 is 16.4 Å². The van der Waals surface area contributed by atoms with Gasteiger partial charge in [0, 0.05) is 38.1 Å². The van der Waals surface area contributed by atoms with Crippen molar-refractivity contribution in [2.24, 2.45) is 5.73 Å². The van der Waals surface area contributed by atoms with Crippen LogP contribution in [0.1, 0.15) is 39.5 Å². The molecule has 0 radical (unpaired) electrons. The fourth-order valence-electron chi connectivity index (χ4n) is 2.62. The Morgan fingerprint density at radius 1 is 1.10 bits per heavy atom. The number of piperidine rings is 1. The van der Waals surface area contributed by atoms with Gasteiger partial charge >= 0.3 is 0 Å². The van der Waals surface area contributed by atoms with Crippen molar-refractivity contribution in [1.29, 1.82) is 0 Å². The van der Waals surface area contributed by atoms with E-state index in [4.69, 9.17) is 5.73 Å². The molecule has 1 rings (SSSR count). The van der Waals surface area contributed by atoms with Crippen molar-refractivity contribution in [2.45, 2.75) is 51.6 Å². The summed E-state index contributed by atoms with van der Waals surface area (Å²) >= 11 is 0. The molecule has 0 spiro atoms. The van der Waals surface area contributed by atoms with E-state index in [-0.39, 0.29) is 11.8 Å². The molecule has 4 N–H and O–H groups in total. The molecule has 6 heteroatoms. The van der Waals surface area contributed by atoms with Crippen LogP contribution in [0.25, 0.3) is 0 Å². The van der Waals surface area contributed by atoms with Gasteiger partial charge in [-0.25, -0.2) is 0 Å². The van der Waals surface area contributed by atoms with E-state index < -0.39 is 0 Å². The van der Waals surface area contributed by atoms with E-state index in [1.165, 1.54) is 6.42 Å². The van der Waals surface area contributed by atoms with E-state index >= 15 is 0 Å². The number of carbonyl (C=O) groups excluding carboxylic acids is 2. The second kappa shape index (κ2) is 8.92. The standard InChI is InChI=1S/C14H28N4O2/c1-11-4-3-5-12(2)18(11)10-14(20)16-8-6-13(19)17-9-7-15/h11-12H,3-10,15H2,1-2H3,(H,16,20)(H,17,19). The molecular formula is C14H28N4O2. The zero-order valence-electron chi connectivity index (χ0n) is 12.7. The number of nitrogens with zero attached hydrogens (tertiary/aromatic N) is 1. The summed E-state index contributed by atoms with van der Waals surface area (Å²) in [5, 5.41) is 5.48. The van der Waals surface area contributed by atoms with Crippen LogP contribution in [0.4, 0.5) is 0 Å². The summed E-state index contributed by atoms with van der Waals surface area (Å²) in [5.74, 6) is -0.0762. The first-order chi connectivity index (χ1) is 9.54. The molecule has 6 nitrogen and oxygen atoms in total. The second-order valence-electron chi connectivity index (χ2n) is 5.54. The molecule has 1 aliphatic heterocycles. The van der Waals surface area contributed by atoms with Gasteiger partial charge in [-0.15, -0.1) is 0 Å². The largest absolute Gasteiger partial charge is 0.355 e. The molecule has 1 saturated heterocycles. The van der Waals surface area contributed by atoms with E-state index in [2.05, 4.69) is 29.4 Å². The zero-order valence-corrected chi connectivity index (χ0v) is 12.7. The van der Waals surface area contributed by atoms with Crippen LogP contribution in [0.3, 0.4) is 0 Å². The molecule has 1 aliphatic rings. The number of hydrogen-bond donors (Lipinski definition) is 3. The van der Waals surface area contributed by atoms with Crippen LogP contribution in [0, 0.1) is 0 Å². The minimum atomic E-state index is -0.0736. The zero-order chi connectivity index (χ0) is 15.0. The van der Waals surface area contributed by atoms with Crippen LogP contribution in [-0.2, 0) is 9.59 Å². The van der Waals surface area contributed by atoms with Gasteiger partial charge in [-0.1, -0.05) is 6.42 Å². The third-order valence-corrected chi connectivity index (χ3v) is 3.84. The average Bonchev–Trinajstić information content (AvgIpc) is 2.41. The molecule has 0 saturated carbocycles. The maximum Gasteiger partial charge on any atom is 0.234 e. The highest BCUT2D eigenvalue weighted by Gasteiger charge is 2.26. The van der Waals surface area contributed by atoms with Crippen molar-refractivity contribution in [1.82, 2.24) is 15.5 Å². The number of hydrogen-bond acceptors (Lipinski definition) is 4. The van der Waals surface area contributed by atoms with E-state index in [0.29, 0.717) is 44.7 Å². The molecule has 20 heavy (non-hydrogen) atoms. The molecule has 2 unspecified atom stereocenters. The molecule has 116 valence electrons. The highest BCUT2D eigenvalue weighted by atomic mass is 16.2. The fraction of sp³-hybridized carbons (Fsp3) is 0.857. The van der Waals surface area contributed by atoms with E-state index in [1.807, 2.05) is 0 Å². The van der Waals surface area contributed by atoms with Gasteiger partial charge in [0.2, 0.25) is 11.8 Å². The summed E-state index contributed by atoms with van der Waals surface area (Å²) in [6.45, 7) is 6.06. The molecule has 0 aromatic carbocycles. The van der Waals surface area contributed by atoms with Crippen molar-refractivity contribution in [3.8, 4) is 0 Å². The van der Waals surface area contributed by atoms with Crippen LogP contribution in [-0.4, -0.2) is 55.0 Å². The number of amides is 2. The van der Waals surface area contributed by atoms with Crippen LogP contribution < -0.4 is 16.4 Å². The normalized spacial score (nSPS) is 23.4. The lowest BCUT2D eigenvalue weighted by atomic mass is 9.97. The molecule has 1 fully saturated rings. The van der Waals surface area contributed by atoms with Gasteiger partial charge in [-0.05, 0) is 26.7 Å². The monoisotopic (exact) mass is 284 g/mol. The lowest BCUT2D eigenvalue weighted by Crippen LogP contribution is -2.49. The fourth-order valence-corrected chi connectivity index (χ4v) is 2.62. The first-order valence-electron chi connectivity index (χ1n) is 7.53. The Morgan fingerprint density at radius 2 is 1.70 bits per heavy atom. The van der Waals surface area contributed by atoms with Gasteiger partial charge in [0.25, 0.3) is 0 Å². The van der Waals surface area contributed by atoms with Crippen molar-refractivity contribution < 1.29 is 9.59 Å². The summed E-state index contributed by atoms with van der Waals surface area (Å²) in [7, 11) is 0. The van der Waals surface area contributed by atoms with Crippen molar-refractivity contribution in [3.05, 3.63) is 0 Å². The molecule has 1 heterocycles. The smallest absolute Gasteiger partial charge is 0.234 e. The molecule has 0 bridgehead atoms. The lowest BCUT2D eigenvalue weighted by Gasteiger charge is -2.38. The van der Waals surface area contributed by atoms with Gasteiger partial charge in [0.1, 0.15) is 0 Å². The molecule has 0 aromatic heterocycles. The number of carbonyl (C=O) groups is 2. The molecular weight excluding hydrogens is 256 g/mol. The van der Waals surface area contributed by atoms with E-state index in [0.717, 1.165) is 12.8 Å². The Balaban J connectivity index is 2.21. The number of rotatable bonds is 7. The Kier molecular flexibility index (Phi) is 7.54. The summed E-state index contributed by atoms with van der Waals surface area (Å²) in [6, 6.07) is 0.912. The molecule has 2 amide bonds. The van der Waals surface area contributed by atoms with Gasteiger partial charge in [0.15, 0.2) is 0 Å². The van der Waals surface area contributed by atoms with Gasteiger partial charge in [0.05, 0.1) is 6.54 Å². The van der Waals surface area contributed by atoms with Gasteiger partial charge in [-0.3, -0.25) is 14.5 Å². The third kappa shape index (κ3) is 5.88. The summed E-state index contributed by atoms with van der Waals surface area (Å²) in [5.41, 5.74) is 5.29. The first kappa shape index (κ1) is 16.9. The van der Waals surface area contributed by atoms with Crippen LogP contribution in [0.2, 0.25) is 0 Å². The SMILES string of the molecule is CC1CCCC(C)N1CC(=O)NCCC(=O)NCCN. The molecule has 0 aromatic rings. The topological polar surface area (TPSA) is 87.5 Å². The summed E-state index contributed by atoms with van der Waals surface area (Å²) < 4.78 is 0.